The van der Waals surface area contributed by atoms with Gasteiger partial charge in [0.25, 0.3) is 0 Å². The van der Waals surface area contributed by atoms with Gasteiger partial charge in [0.1, 0.15) is 6.61 Å². The van der Waals surface area contributed by atoms with Crippen molar-refractivity contribution in [3.8, 4) is 11.8 Å². The molecule has 0 bridgehead atoms. The molecule has 2 nitrogen and oxygen atoms in total. The Kier molecular flexibility index (Phi) is 4.04. The first-order valence-electron chi connectivity index (χ1n) is 4.04. The summed E-state index contributed by atoms with van der Waals surface area (Å²) in [5, 5.41) is 8.86. The molecule has 0 aliphatic rings. The van der Waals surface area contributed by atoms with Crippen molar-refractivity contribution in [1.29, 1.82) is 0 Å². The Bertz CT molecular complexity index is 320. The van der Waals surface area contributed by atoms with E-state index in [-0.39, 0.29) is 6.61 Å². The Morgan fingerprint density at radius 3 is 3.00 bits per heavy atom. The molecule has 0 heterocycles. The SMILES string of the molecule is COCC#Cc1cccc(CO)c1. The van der Waals surface area contributed by atoms with E-state index >= 15 is 0 Å². The van der Waals surface area contributed by atoms with Gasteiger partial charge in [0.15, 0.2) is 0 Å². The minimum absolute atomic E-state index is 0.0554. The van der Waals surface area contributed by atoms with Crippen LogP contribution in [0.2, 0.25) is 0 Å². The minimum Gasteiger partial charge on any atom is -0.392 e. The fraction of sp³-hybridized carbons (Fsp3) is 0.273. The topological polar surface area (TPSA) is 29.5 Å². The molecule has 2 heteroatoms. The van der Waals surface area contributed by atoms with Gasteiger partial charge in [-0.1, -0.05) is 24.0 Å². The second-order valence-corrected chi connectivity index (χ2v) is 2.59. The predicted molar refractivity (Wildman–Crippen MR) is 51.1 cm³/mol. The van der Waals surface area contributed by atoms with Crippen LogP contribution in [0.1, 0.15) is 11.1 Å². The fourth-order valence-corrected chi connectivity index (χ4v) is 0.958. The van der Waals surface area contributed by atoms with Crippen LogP contribution in [0.25, 0.3) is 0 Å². The number of methoxy groups -OCH3 is 1. The van der Waals surface area contributed by atoms with Crippen molar-refractivity contribution in [3.63, 3.8) is 0 Å². The van der Waals surface area contributed by atoms with Crippen molar-refractivity contribution in [1.82, 2.24) is 0 Å². The number of benzene rings is 1. The molecular formula is C11H12O2. The largest absolute Gasteiger partial charge is 0.392 e. The Morgan fingerprint density at radius 1 is 1.46 bits per heavy atom. The van der Waals surface area contributed by atoms with Crippen LogP contribution in [0.15, 0.2) is 24.3 Å². The van der Waals surface area contributed by atoms with Gasteiger partial charge >= 0.3 is 0 Å². The van der Waals surface area contributed by atoms with Crippen LogP contribution < -0.4 is 0 Å². The number of hydrogen-bond donors (Lipinski definition) is 1. The molecular weight excluding hydrogens is 164 g/mol. The van der Waals surface area contributed by atoms with Crippen molar-refractivity contribution in [2.45, 2.75) is 6.61 Å². The summed E-state index contributed by atoms with van der Waals surface area (Å²) in [4.78, 5) is 0. The summed E-state index contributed by atoms with van der Waals surface area (Å²) in [5.41, 5.74) is 1.79. The van der Waals surface area contributed by atoms with Gasteiger partial charge in [-0.3, -0.25) is 0 Å². The molecule has 0 saturated heterocycles. The third kappa shape index (κ3) is 3.29. The number of rotatable bonds is 2. The summed E-state index contributed by atoms with van der Waals surface area (Å²) < 4.78 is 4.80. The smallest absolute Gasteiger partial charge is 0.107 e. The van der Waals surface area contributed by atoms with Crippen LogP contribution in [-0.2, 0) is 11.3 Å². The average molecular weight is 176 g/mol. The van der Waals surface area contributed by atoms with Crippen molar-refractivity contribution in [3.05, 3.63) is 35.4 Å². The second-order valence-electron chi connectivity index (χ2n) is 2.59. The van der Waals surface area contributed by atoms with E-state index in [0.717, 1.165) is 11.1 Å². The van der Waals surface area contributed by atoms with E-state index in [1.807, 2.05) is 24.3 Å². The lowest BCUT2D eigenvalue weighted by Gasteiger charge is -1.95. The maximum atomic E-state index is 8.86. The first-order valence-corrected chi connectivity index (χ1v) is 4.04. The number of hydrogen-bond acceptors (Lipinski definition) is 2. The van der Waals surface area contributed by atoms with Gasteiger partial charge in [0.05, 0.1) is 6.61 Å². The van der Waals surface area contributed by atoms with Gasteiger partial charge in [-0.15, -0.1) is 0 Å². The fourth-order valence-electron chi connectivity index (χ4n) is 0.958. The first kappa shape index (κ1) is 9.79. The first-order chi connectivity index (χ1) is 6.36. The average Bonchev–Trinajstić information content (AvgIpc) is 2.19. The van der Waals surface area contributed by atoms with Gasteiger partial charge in [0.2, 0.25) is 0 Å². The van der Waals surface area contributed by atoms with Crippen LogP contribution in [0.5, 0.6) is 0 Å². The highest BCUT2D eigenvalue weighted by Crippen LogP contribution is 2.03. The van der Waals surface area contributed by atoms with E-state index in [0.29, 0.717) is 6.61 Å². The van der Waals surface area contributed by atoms with E-state index < -0.39 is 0 Å². The molecule has 68 valence electrons. The van der Waals surface area contributed by atoms with Crippen molar-refractivity contribution in [2.24, 2.45) is 0 Å². The Hall–Kier alpha value is -1.30. The lowest BCUT2D eigenvalue weighted by Crippen LogP contribution is -1.85. The Balaban J connectivity index is 2.73. The zero-order valence-corrected chi connectivity index (χ0v) is 7.58. The molecule has 0 saturated carbocycles. The van der Waals surface area contributed by atoms with Crippen LogP contribution in [-0.4, -0.2) is 18.8 Å². The summed E-state index contributed by atoms with van der Waals surface area (Å²) in [6.45, 7) is 0.489. The van der Waals surface area contributed by atoms with Crippen LogP contribution in [0.4, 0.5) is 0 Å². The third-order valence-electron chi connectivity index (χ3n) is 1.56. The normalized spacial score (nSPS) is 9.08. The van der Waals surface area contributed by atoms with Crippen LogP contribution in [0.3, 0.4) is 0 Å². The van der Waals surface area contributed by atoms with E-state index in [2.05, 4.69) is 11.8 Å². The second kappa shape index (κ2) is 5.36. The highest BCUT2D eigenvalue weighted by atomic mass is 16.5. The van der Waals surface area contributed by atoms with E-state index in [9.17, 15) is 0 Å². The number of aliphatic hydroxyl groups is 1. The van der Waals surface area contributed by atoms with Crippen molar-refractivity contribution < 1.29 is 9.84 Å². The van der Waals surface area contributed by atoms with Gasteiger partial charge < -0.3 is 9.84 Å². The van der Waals surface area contributed by atoms with Crippen molar-refractivity contribution in [2.75, 3.05) is 13.7 Å². The van der Waals surface area contributed by atoms with Crippen LogP contribution >= 0.6 is 0 Å². The molecule has 0 unspecified atom stereocenters. The molecule has 1 N–H and O–H groups in total. The summed E-state index contributed by atoms with van der Waals surface area (Å²) in [6, 6.07) is 7.51. The van der Waals surface area contributed by atoms with Crippen LogP contribution in [0, 0.1) is 11.8 Å². The highest BCUT2D eigenvalue weighted by molar-refractivity contribution is 5.36. The van der Waals surface area contributed by atoms with E-state index in [1.54, 1.807) is 7.11 Å². The van der Waals surface area contributed by atoms with Gasteiger partial charge in [-0.2, -0.15) is 0 Å². The van der Waals surface area contributed by atoms with Gasteiger partial charge in [-0.05, 0) is 17.7 Å². The predicted octanol–water partition coefficient (Wildman–Crippen LogP) is 1.18. The monoisotopic (exact) mass is 176 g/mol. The number of ether oxygens (including phenoxy) is 1. The molecule has 0 amide bonds. The van der Waals surface area contributed by atoms with Gasteiger partial charge in [0, 0.05) is 12.7 Å². The summed E-state index contributed by atoms with van der Waals surface area (Å²) in [7, 11) is 1.61. The zero-order valence-electron chi connectivity index (χ0n) is 7.58. The highest BCUT2D eigenvalue weighted by Gasteiger charge is 1.90. The lowest BCUT2D eigenvalue weighted by molar-refractivity contribution is 0.240. The molecule has 0 radical (unpaired) electrons. The lowest BCUT2D eigenvalue weighted by atomic mass is 10.1. The standard InChI is InChI=1S/C11H12O2/c1-13-7-3-6-10-4-2-5-11(8-10)9-12/h2,4-5,8,12H,7,9H2,1H3. The molecule has 1 rings (SSSR count). The van der Waals surface area contributed by atoms with Gasteiger partial charge in [-0.25, -0.2) is 0 Å². The summed E-state index contributed by atoms with van der Waals surface area (Å²) in [6.07, 6.45) is 0. The Morgan fingerprint density at radius 2 is 2.31 bits per heavy atom. The maximum absolute atomic E-state index is 8.86. The molecule has 13 heavy (non-hydrogen) atoms. The maximum Gasteiger partial charge on any atom is 0.107 e. The number of aliphatic hydroxyl groups excluding tert-OH is 1. The summed E-state index contributed by atoms with van der Waals surface area (Å²) >= 11 is 0. The molecule has 0 aliphatic carbocycles. The molecule has 0 aromatic heterocycles. The Labute approximate surface area is 78.2 Å². The molecule has 1 aromatic carbocycles. The quantitative estimate of drug-likeness (QED) is 0.685. The van der Waals surface area contributed by atoms with E-state index in [1.165, 1.54) is 0 Å². The minimum atomic E-state index is 0.0554. The summed E-state index contributed by atoms with van der Waals surface area (Å²) in [5.74, 6) is 5.78. The molecule has 0 fully saturated rings. The molecule has 0 aliphatic heterocycles. The van der Waals surface area contributed by atoms with E-state index in [4.69, 9.17) is 9.84 Å². The zero-order chi connectivity index (χ0) is 9.52. The van der Waals surface area contributed by atoms with Crippen molar-refractivity contribution >= 4 is 0 Å². The third-order valence-corrected chi connectivity index (χ3v) is 1.56. The molecule has 1 aromatic rings. The molecule has 0 spiro atoms. The molecule has 0 atom stereocenters.